The summed E-state index contributed by atoms with van der Waals surface area (Å²) in [5, 5.41) is 13.2. The Morgan fingerprint density at radius 2 is 2.19 bits per heavy atom. The number of likely N-dealkylation sites (tertiary alicyclic amines) is 1. The van der Waals surface area contributed by atoms with Crippen LogP contribution in [0.1, 0.15) is 22.5 Å². The predicted octanol–water partition coefficient (Wildman–Crippen LogP) is 0.478. The molecule has 0 spiro atoms. The van der Waals surface area contributed by atoms with Crippen LogP contribution < -0.4 is 5.32 Å². The van der Waals surface area contributed by atoms with Gasteiger partial charge in [-0.15, -0.1) is 11.3 Å². The lowest BCUT2D eigenvalue weighted by molar-refractivity contribution is -0.132. The molecule has 0 aromatic carbocycles. The zero-order valence-corrected chi connectivity index (χ0v) is 12.6. The molecule has 0 saturated carbocycles. The molecule has 6 nitrogen and oxygen atoms in total. The van der Waals surface area contributed by atoms with E-state index in [0.29, 0.717) is 24.6 Å². The van der Waals surface area contributed by atoms with E-state index in [4.69, 9.17) is 9.84 Å². The van der Waals surface area contributed by atoms with E-state index in [1.807, 2.05) is 5.38 Å². The molecular weight excluding hydrogens is 292 g/mol. The highest BCUT2D eigenvalue weighted by Gasteiger charge is 2.23. The largest absolute Gasteiger partial charge is 0.394 e. The predicted molar refractivity (Wildman–Crippen MR) is 79.3 cm³/mol. The summed E-state index contributed by atoms with van der Waals surface area (Å²) in [7, 11) is 0. The number of aliphatic hydroxyl groups excluding tert-OH is 1. The lowest BCUT2D eigenvalue weighted by atomic mass is 10.1. The summed E-state index contributed by atoms with van der Waals surface area (Å²) < 4.78 is 5.45. The van der Waals surface area contributed by atoms with Gasteiger partial charge in [0.2, 0.25) is 5.91 Å². The highest BCUT2D eigenvalue weighted by atomic mass is 32.1. The van der Waals surface area contributed by atoms with E-state index in [-0.39, 0.29) is 31.1 Å². The molecule has 1 saturated heterocycles. The number of ether oxygens (including phenoxy) is 1. The molecule has 7 heteroatoms. The molecule has 0 aliphatic carbocycles. The average Bonchev–Trinajstić information content (AvgIpc) is 3.05. The van der Waals surface area contributed by atoms with Crippen molar-refractivity contribution in [1.82, 2.24) is 10.2 Å². The highest BCUT2D eigenvalue weighted by Crippen LogP contribution is 2.13. The number of aliphatic hydroxyl groups is 1. The minimum absolute atomic E-state index is 0.0217. The number of amides is 2. The van der Waals surface area contributed by atoms with Crippen molar-refractivity contribution in [3.8, 4) is 0 Å². The van der Waals surface area contributed by atoms with Gasteiger partial charge in [0.1, 0.15) is 0 Å². The number of piperidine rings is 1. The van der Waals surface area contributed by atoms with Gasteiger partial charge >= 0.3 is 0 Å². The Morgan fingerprint density at radius 1 is 1.43 bits per heavy atom. The molecule has 2 amide bonds. The summed E-state index contributed by atoms with van der Waals surface area (Å²) in [5.41, 5.74) is 0. The van der Waals surface area contributed by atoms with Gasteiger partial charge in [-0.1, -0.05) is 6.07 Å². The zero-order chi connectivity index (χ0) is 15.1. The molecule has 1 aliphatic rings. The van der Waals surface area contributed by atoms with Gasteiger partial charge in [0, 0.05) is 13.1 Å². The molecule has 0 radical (unpaired) electrons. The maximum Gasteiger partial charge on any atom is 0.261 e. The van der Waals surface area contributed by atoms with Crippen molar-refractivity contribution in [2.24, 2.45) is 0 Å². The molecule has 1 fully saturated rings. The van der Waals surface area contributed by atoms with Crippen LogP contribution in [0, 0.1) is 0 Å². The van der Waals surface area contributed by atoms with Gasteiger partial charge in [0.15, 0.2) is 0 Å². The van der Waals surface area contributed by atoms with Crippen molar-refractivity contribution < 1.29 is 19.4 Å². The van der Waals surface area contributed by atoms with Gasteiger partial charge in [0.05, 0.1) is 30.7 Å². The molecule has 21 heavy (non-hydrogen) atoms. The van der Waals surface area contributed by atoms with Gasteiger partial charge < -0.3 is 20.1 Å². The topological polar surface area (TPSA) is 78.9 Å². The Kier molecular flexibility index (Phi) is 6.16. The summed E-state index contributed by atoms with van der Waals surface area (Å²) >= 11 is 1.35. The fourth-order valence-electron chi connectivity index (χ4n) is 2.25. The van der Waals surface area contributed by atoms with E-state index in [0.717, 1.165) is 12.8 Å². The maximum atomic E-state index is 12.0. The quantitative estimate of drug-likeness (QED) is 0.801. The Labute approximate surface area is 127 Å². The number of thiophene rings is 1. The van der Waals surface area contributed by atoms with Crippen LogP contribution in [0.25, 0.3) is 0 Å². The van der Waals surface area contributed by atoms with Crippen LogP contribution in [-0.2, 0) is 9.53 Å². The van der Waals surface area contributed by atoms with Gasteiger partial charge in [-0.2, -0.15) is 0 Å². The monoisotopic (exact) mass is 312 g/mol. The number of carbonyl (C=O) groups excluding carboxylic acids is 2. The molecule has 2 heterocycles. The van der Waals surface area contributed by atoms with Crippen molar-refractivity contribution >= 4 is 23.2 Å². The van der Waals surface area contributed by atoms with E-state index < -0.39 is 0 Å². The molecule has 1 aromatic rings. The molecule has 116 valence electrons. The first-order valence-electron chi connectivity index (χ1n) is 7.02. The molecule has 2 rings (SSSR count). The molecule has 2 N–H and O–H groups in total. The van der Waals surface area contributed by atoms with E-state index in [1.165, 1.54) is 11.3 Å². The second-order valence-electron chi connectivity index (χ2n) is 4.83. The van der Waals surface area contributed by atoms with Crippen molar-refractivity contribution in [3.05, 3.63) is 22.4 Å². The van der Waals surface area contributed by atoms with E-state index >= 15 is 0 Å². The third-order valence-corrected chi connectivity index (χ3v) is 4.25. The van der Waals surface area contributed by atoms with E-state index in [1.54, 1.807) is 17.0 Å². The zero-order valence-electron chi connectivity index (χ0n) is 11.8. The Balaban J connectivity index is 1.69. The lowest BCUT2D eigenvalue weighted by Gasteiger charge is -2.31. The third kappa shape index (κ3) is 4.80. The number of rotatable bonds is 6. The Morgan fingerprint density at radius 3 is 2.81 bits per heavy atom. The molecule has 1 aromatic heterocycles. The minimum Gasteiger partial charge on any atom is -0.394 e. The minimum atomic E-state index is -0.209. The molecule has 1 aliphatic heterocycles. The first-order valence-corrected chi connectivity index (χ1v) is 7.90. The molecule has 0 bridgehead atoms. The van der Waals surface area contributed by atoms with Crippen LogP contribution in [0.4, 0.5) is 0 Å². The fraction of sp³-hybridized carbons (Fsp3) is 0.571. The van der Waals surface area contributed by atoms with Crippen LogP contribution >= 0.6 is 11.3 Å². The molecule has 0 atom stereocenters. The van der Waals surface area contributed by atoms with Crippen molar-refractivity contribution in [3.63, 3.8) is 0 Å². The van der Waals surface area contributed by atoms with Gasteiger partial charge in [0.25, 0.3) is 5.91 Å². The SMILES string of the molecule is O=C(NCC(=O)N1CCC(OCCO)CC1)c1cccs1. The Hall–Kier alpha value is -1.44. The fourth-order valence-corrected chi connectivity index (χ4v) is 2.89. The van der Waals surface area contributed by atoms with Crippen LogP contribution in [0.15, 0.2) is 17.5 Å². The number of nitrogens with one attached hydrogen (secondary N) is 1. The van der Waals surface area contributed by atoms with Crippen LogP contribution in [0.2, 0.25) is 0 Å². The highest BCUT2D eigenvalue weighted by molar-refractivity contribution is 7.12. The summed E-state index contributed by atoms with van der Waals surface area (Å²) in [4.78, 5) is 26.1. The lowest BCUT2D eigenvalue weighted by Crippen LogP contribution is -2.45. The molecular formula is C14H20N2O4S. The first kappa shape index (κ1) is 15.9. The number of hydrogen-bond acceptors (Lipinski definition) is 5. The first-order chi connectivity index (χ1) is 10.2. The smallest absolute Gasteiger partial charge is 0.261 e. The second-order valence-corrected chi connectivity index (χ2v) is 5.78. The van der Waals surface area contributed by atoms with Crippen LogP contribution in [0.5, 0.6) is 0 Å². The van der Waals surface area contributed by atoms with Crippen LogP contribution in [0.3, 0.4) is 0 Å². The van der Waals surface area contributed by atoms with Crippen LogP contribution in [-0.4, -0.2) is 60.8 Å². The number of hydrogen-bond donors (Lipinski definition) is 2. The average molecular weight is 312 g/mol. The summed E-state index contributed by atoms with van der Waals surface area (Å²) in [5.74, 6) is -0.278. The summed E-state index contributed by atoms with van der Waals surface area (Å²) in [6.45, 7) is 1.65. The van der Waals surface area contributed by atoms with E-state index in [2.05, 4.69) is 5.32 Å². The second kappa shape index (κ2) is 8.11. The van der Waals surface area contributed by atoms with Gasteiger partial charge in [-0.05, 0) is 24.3 Å². The van der Waals surface area contributed by atoms with Crippen molar-refractivity contribution in [2.75, 3.05) is 32.8 Å². The summed E-state index contributed by atoms with van der Waals surface area (Å²) in [6, 6.07) is 3.53. The van der Waals surface area contributed by atoms with Crippen molar-refractivity contribution in [2.45, 2.75) is 18.9 Å². The maximum absolute atomic E-state index is 12.0. The van der Waals surface area contributed by atoms with Gasteiger partial charge in [-0.25, -0.2) is 0 Å². The Bertz CT molecular complexity index is 456. The third-order valence-electron chi connectivity index (χ3n) is 3.38. The van der Waals surface area contributed by atoms with Crippen molar-refractivity contribution in [1.29, 1.82) is 0 Å². The molecule has 0 unspecified atom stereocenters. The normalized spacial score (nSPS) is 16.0. The standard InChI is InChI=1S/C14H20N2O4S/c17-7-8-20-11-3-5-16(6-4-11)13(18)10-15-14(19)12-2-1-9-21-12/h1-2,9,11,17H,3-8,10H2,(H,15,19). The summed E-state index contributed by atoms with van der Waals surface area (Å²) in [6.07, 6.45) is 1.65. The van der Waals surface area contributed by atoms with Gasteiger partial charge in [-0.3, -0.25) is 9.59 Å². The number of nitrogens with zero attached hydrogens (tertiary/aromatic N) is 1. The number of carbonyl (C=O) groups is 2. The van der Waals surface area contributed by atoms with E-state index in [9.17, 15) is 9.59 Å².